The second-order valence-electron chi connectivity index (χ2n) is 3.43. The number of ether oxygens (including phenoxy) is 1. The average Bonchev–Trinajstić information content (AvgIpc) is 2.30. The smallest absolute Gasteiger partial charge is 0.123 e. The minimum absolute atomic E-state index is 0.172. The molecule has 1 aromatic rings. The van der Waals surface area contributed by atoms with Crippen LogP contribution in [0.2, 0.25) is 0 Å². The van der Waals surface area contributed by atoms with Gasteiger partial charge in [-0.3, -0.25) is 4.68 Å². The quantitative estimate of drug-likeness (QED) is 0.676. The Balaban J connectivity index is 2.51. The molecule has 1 aliphatic rings. The first-order valence-corrected chi connectivity index (χ1v) is 5.05. The van der Waals surface area contributed by atoms with Gasteiger partial charge in [0.1, 0.15) is 9.30 Å². The van der Waals surface area contributed by atoms with E-state index in [9.17, 15) is 0 Å². The van der Waals surface area contributed by atoms with Crippen molar-refractivity contribution >= 4 is 22.6 Å². The fourth-order valence-corrected chi connectivity index (χ4v) is 2.06. The molecule has 0 bridgehead atoms. The molecule has 1 aromatic heterocycles. The normalized spacial score (nSPS) is 20.6. The molecule has 1 aliphatic heterocycles. The summed E-state index contributed by atoms with van der Waals surface area (Å²) >= 11 is 2.23. The number of rotatable bonds is 0. The molecule has 12 heavy (non-hydrogen) atoms. The Labute approximate surface area is 85.2 Å². The molecule has 66 valence electrons. The molecule has 0 atom stereocenters. The molecule has 0 spiro atoms. The van der Waals surface area contributed by atoms with E-state index in [1.807, 2.05) is 4.68 Å². The fourth-order valence-electron chi connectivity index (χ4n) is 1.50. The summed E-state index contributed by atoms with van der Waals surface area (Å²) in [6.45, 7) is 5.80. The third-order valence-electron chi connectivity index (χ3n) is 2.13. The molecule has 0 saturated heterocycles. The Morgan fingerprint density at radius 3 is 3.08 bits per heavy atom. The average molecular weight is 278 g/mol. The van der Waals surface area contributed by atoms with Crippen molar-refractivity contribution in [2.45, 2.75) is 26.0 Å². The van der Waals surface area contributed by atoms with Crippen LogP contribution in [0.4, 0.5) is 0 Å². The second kappa shape index (κ2) is 2.70. The van der Waals surface area contributed by atoms with Gasteiger partial charge in [0.05, 0.1) is 18.8 Å². The Hall–Kier alpha value is -0.100. The lowest BCUT2D eigenvalue weighted by Crippen LogP contribution is -2.33. The predicted molar refractivity (Wildman–Crippen MR) is 53.9 cm³/mol. The fraction of sp³-hybridized carbons (Fsp3) is 0.625. The largest absolute Gasteiger partial charge is 0.367 e. The monoisotopic (exact) mass is 278 g/mol. The molecule has 0 aliphatic carbocycles. The molecular weight excluding hydrogens is 267 g/mol. The maximum absolute atomic E-state index is 5.64. The van der Waals surface area contributed by atoms with Crippen molar-refractivity contribution in [3.8, 4) is 0 Å². The lowest BCUT2D eigenvalue weighted by molar-refractivity contribution is -0.0532. The number of nitrogens with zero attached hydrogens (tertiary/aromatic N) is 2. The van der Waals surface area contributed by atoms with Gasteiger partial charge in [-0.15, -0.1) is 0 Å². The van der Waals surface area contributed by atoms with Gasteiger partial charge >= 0.3 is 0 Å². The molecule has 0 aromatic carbocycles. The molecule has 2 heterocycles. The SMILES string of the molecule is CC1(C)OCCn2nc(I)cc21. The number of halogens is 1. The van der Waals surface area contributed by atoms with Gasteiger partial charge in [-0.2, -0.15) is 5.10 Å². The molecule has 2 rings (SSSR count). The van der Waals surface area contributed by atoms with Crippen molar-refractivity contribution in [2.75, 3.05) is 6.61 Å². The van der Waals surface area contributed by atoms with Crippen LogP contribution in [0.5, 0.6) is 0 Å². The van der Waals surface area contributed by atoms with Crippen LogP contribution in [-0.4, -0.2) is 16.4 Å². The van der Waals surface area contributed by atoms with Crippen LogP contribution in [0.3, 0.4) is 0 Å². The van der Waals surface area contributed by atoms with Gasteiger partial charge in [0.2, 0.25) is 0 Å². The summed E-state index contributed by atoms with van der Waals surface area (Å²) in [6.07, 6.45) is 0. The van der Waals surface area contributed by atoms with Crippen LogP contribution in [0.25, 0.3) is 0 Å². The number of fused-ring (bicyclic) bond motifs is 1. The first-order chi connectivity index (χ1) is 5.59. The highest BCUT2D eigenvalue weighted by molar-refractivity contribution is 14.1. The highest BCUT2D eigenvalue weighted by atomic mass is 127. The molecule has 0 unspecified atom stereocenters. The number of aromatic nitrogens is 2. The summed E-state index contributed by atoms with van der Waals surface area (Å²) in [5.41, 5.74) is 1.01. The molecule has 0 N–H and O–H groups in total. The lowest BCUT2D eigenvalue weighted by atomic mass is 10.0. The molecular formula is C8H11IN2O. The van der Waals surface area contributed by atoms with Crippen LogP contribution in [-0.2, 0) is 16.9 Å². The molecule has 0 amide bonds. The van der Waals surface area contributed by atoms with E-state index in [0.29, 0.717) is 0 Å². The maximum atomic E-state index is 5.64. The van der Waals surface area contributed by atoms with Crippen LogP contribution >= 0.6 is 22.6 Å². The minimum Gasteiger partial charge on any atom is -0.367 e. The Bertz CT molecular complexity index is 306. The zero-order valence-corrected chi connectivity index (χ0v) is 9.33. The van der Waals surface area contributed by atoms with Crippen LogP contribution in [0.1, 0.15) is 19.5 Å². The Morgan fingerprint density at radius 2 is 2.42 bits per heavy atom. The van der Waals surface area contributed by atoms with Gasteiger partial charge in [-0.05, 0) is 42.5 Å². The van der Waals surface area contributed by atoms with Gasteiger partial charge in [0.25, 0.3) is 0 Å². The topological polar surface area (TPSA) is 27.1 Å². The van der Waals surface area contributed by atoms with Crippen molar-refractivity contribution in [3.63, 3.8) is 0 Å². The van der Waals surface area contributed by atoms with Gasteiger partial charge in [-0.25, -0.2) is 0 Å². The summed E-state index contributed by atoms with van der Waals surface area (Å²) in [7, 11) is 0. The maximum Gasteiger partial charge on any atom is 0.123 e. The van der Waals surface area contributed by atoms with Gasteiger partial charge in [0, 0.05) is 0 Å². The first kappa shape index (κ1) is 8.50. The molecule has 0 radical (unpaired) electrons. The molecule has 4 heteroatoms. The van der Waals surface area contributed by atoms with Crippen molar-refractivity contribution < 1.29 is 4.74 Å². The second-order valence-corrected chi connectivity index (χ2v) is 4.54. The lowest BCUT2D eigenvalue weighted by Gasteiger charge is -2.30. The summed E-state index contributed by atoms with van der Waals surface area (Å²) in [6, 6.07) is 2.08. The van der Waals surface area contributed by atoms with Crippen LogP contribution < -0.4 is 0 Å². The summed E-state index contributed by atoms with van der Waals surface area (Å²) < 4.78 is 8.72. The third kappa shape index (κ3) is 1.26. The number of hydrogen-bond donors (Lipinski definition) is 0. The van der Waals surface area contributed by atoms with E-state index in [4.69, 9.17) is 4.74 Å². The van der Waals surface area contributed by atoms with E-state index in [0.717, 1.165) is 16.9 Å². The van der Waals surface area contributed by atoms with Crippen LogP contribution in [0.15, 0.2) is 6.07 Å². The highest BCUT2D eigenvalue weighted by Crippen LogP contribution is 2.28. The molecule has 3 nitrogen and oxygen atoms in total. The van der Waals surface area contributed by atoms with Gasteiger partial charge < -0.3 is 4.74 Å². The predicted octanol–water partition coefficient (Wildman–Crippen LogP) is 1.75. The summed E-state index contributed by atoms with van der Waals surface area (Å²) in [5.74, 6) is 0. The standard InChI is InChI=1S/C8H11IN2O/c1-8(2)6-5-7(9)10-11(6)3-4-12-8/h5H,3-4H2,1-2H3. The Morgan fingerprint density at radius 1 is 1.67 bits per heavy atom. The van der Waals surface area contributed by atoms with E-state index in [2.05, 4.69) is 47.6 Å². The van der Waals surface area contributed by atoms with Crippen molar-refractivity contribution in [3.05, 3.63) is 15.5 Å². The molecule has 0 saturated carbocycles. The zero-order valence-electron chi connectivity index (χ0n) is 7.17. The van der Waals surface area contributed by atoms with Crippen LogP contribution in [0, 0.1) is 3.70 Å². The van der Waals surface area contributed by atoms with E-state index in [1.54, 1.807) is 0 Å². The van der Waals surface area contributed by atoms with Gasteiger partial charge in [0.15, 0.2) is 0 Å². The van der Waals surface area contributed by atoms with E-state index in [1.165, 1.54) is 5.69 Å². The summed E-state index contributed by atoms with van der Waals surface area (Å²) in [4.78, 5) is 0. The van der Waals surface area contributed by atoms with E-state index >= 15 is 0 Å². The van der Waals surface area contributed by atoms with Crippen molar-refractivity contribution in [2.24, 2.45) is 0 Å². The Kier molecular flexibility index (Phi) is 1.91. The number of hydrogen-bond acceptors (Lipinski definition) is 2. The van der Waals surface area contributed by atoms with Crippen molar-refractivity contribution in [1.29, 1.82) is 0 Å². The molecule has 0 fully saturated rings. The van der Waals surface area contributed by atoms with E-state index < -0.39 is 0 Å². The van der Waals surface area contributed by atoms with E-state index in [-0.39, 0.29) is 5.60 Å². The minimum atomic E-state index is -0.172. The third-order valence-corrected chi connectivity index (χ3v) is 2.66. The summed E-state index contributed by atoms with van der Waals surface area (Å²) in [5, 5.41) is 4.37. The van der Waals surface area contributed by atoms with Gasteiger partial charge in [-0.1, -0.05) is 0 Å². The highest BCUT2D eigenvalue weighted by Gasteiger charge is 2.29. The zero-order chi connectivity index (χ0) is 8.77. The first-order valence-electron chi connectivity index (χ1n) is 3.97. The van der Waals surface area contributed by atoms with Crippen molar-refractivity contribution in [1.82, 2.24) is 9.78 Å².